The summed E-state index contributed by atoms with van der Waals surface area (Å²) in [5, 5.41) is 10.1. The molecule has 1 aliphatic carbocycles. The van der Waals surface area contributed by atoms with E-state index in [-0.39, 0.29) is 12.6 Å². The van der Waals surface area contributed by atoms with Crippen LogP contribution in [0.15, 0.2) is 24.3 Å². The molecule has 2 heterocycles. The van der Waals surface area contributed by atoms with E-state index in [1.165, 1.54) is 44.3 Å². The lowest BCUT2D eigenvalue weighted by Gasteiger charge is -2.57. The Morgan fingerprint density at radius 2 is 1.89 bits per heavy atom. The minimum atomic E-state index is 0.266. The van der Waals surface area contributed by atoms with Gasteiger partial charge in [0.05, 0.1) is 6.61 Å². The molecule has 3 nitrogen and oxygen atoms in total. The predicted molar refractivity (Wildman–Crippen MR) is 111 cm³/mol. The van der Waals surface area contributed by atoms with Gasteiger partial charge >= 0.3 is 0 Å². The van der Waals surface area contributed by atoms with Gasteiger partial charge in [-0.3, -0.25) is 4.90 Å². The van der Waals surface area contributed by atoms with Gasteiger partial charge in [0.1, 0.15) is 0 Å². The second kappa shape index (κ2) is 8.78. The van der Waals surface area contributed by atoms with Crippen LogP contribution in [0.4, 0.5) is 0 Å². The van der Waals surface area contributed by atoms with Crippen molar-refractivity contribution >= 4 is 0 Å². The van der Waals surface area contributed by atoms with Crippen molar-refractivity contribution in [2.24, 2.45) is 5.92 Å². The molecular formula is C24H34N2O. The molecule has 146 valence electrons. The first-order chi connectivity index (χ1) is 13.3. The third-order valence-electron chi connectivity index (χ3n) is 6.57. The molecule has 0 spiro atoms. The summed E-state index contributed by atoms with van der Waals surface area (Å²) in [6.07, 6.45) is 7.48. The van der Waals surface area contributed by atoms with Crippen molar-refractivity contribution < 1.29 is 5.11 Å². The Labute approximate surface area is 164 Å². The highest BCUT2D eigenvalue weighted by atomic mass is 16.3. The van der Waals surface area contributed by atoms with E-state index < -0.39 is 0 Å². The third kappa shape index (κ3) is 4.40. The van der Waals surface area contributed by atoms with Crippen molar-refractivity contribution in [2.75, 3.05) is 32.8 Å². The molecule has 0 amide bonds. The summed E-state index contributed by atoms with van der Waals surface area (Å²) < 4.78 is 0. The molecule has 3 heteroatoms. The van der Waals surface area contributed by atoms with E-state index in [0.717, 1.165) is 37.4 Å². The van der Waals surface area contributed by atoms with Gasteiger partial charge in [-0.25, -0.2) is 0 Å². The van der Waals surface area contributed by atoms with Crippen molar-refractivity contribution in [3.05, 3.63) is 35.4 Å². The van der Waals surface area contributed by atoms with Gasteiger partial charge in [-0.15, -0.1) is 0 Å². The number of aliphatic hydroxyl groups excluding tert-OH is 1. The van der Waals surface area contributed by atoms with Gasteiger partial charge in [0.15, 0.2) is 0 Å². The van der Waals surface area contributed by atoms with E-state index in [9.17, 15) is 5.11 Å². The van der Waals surface area contributed by atoms with Crippen LogP contribution in [0.1, 0.15) is 62.5 Å². The second-order valence-electron chi connectivity index (χ2n) is 8.66. The molecule has 2 saturated heterocycles. The molecule has 0 aromatic heterocycles. The Hall–Kier alpha value is -1.34. The number of hydrogen-bond acceptors (Lipinski definition) is 3. The molecule has 4 rings (SSSR count). The summed E-state index contributed by atoms with van der Waals surface area (Å²) >= 11 is 0. The second-order valence-corrected chi connectivity index (χ2v) is 8.66. The minimum Gasteiger partial charge on any atom is -0.395 e. The van der Waals surface area contributed by atoms with Crippen molar-refractivity contribution in [3.63, 3.8) is 0 Å². The lowest BCUT2D eigenvalue weighted by atomic mass is 9.74. The lowest BCUT2D eigenvalue weighted by molar-refractivity contribution is -0.0649. The highest BCUT2D eigenvalue weighted by Gasteiger charge is 2.49. The van der Waals surface area contributed by atoms with Crippen LogP contribution < -0.4 is 0 Å². The van der Waals surface area contributed by atoms with Gasteiger partial charge in [-0.1, -0.05) is 30.9 Å². The van der Waals surface area contributed by atoms with E-state index >= 15 is 0 Å². The first-order valence-corrected chi connectivity index (χ1v) is 11.0. The highest BCUT2D eigenvalue weighted by Crippen LogP contribution is 2.42. The molecule has 27 heavy (non-hydrogen) atoms. The van der Waals surface area contributed by atoms with Crippen molar-refractivity contribution in [2.45, 2.75) is 63.5 Å². The third-order valence-corrected chi connectivity index (χ3v) is 6.57. The quantitative estimate of drug-likeness (QED) is 0.809. The number of unbranched alkanes of at least 4 members (excludes halogenated alkanes) is 1. The van der Waals surface area contributed by atoms with Crippen LogP contribution in [0, 0.1) is 17.8 Å². The standard InChI is InChI=1S/C24H34N2O/c1-2-3-4-7-19-10-12-21(13-11-19)24-22-17-25(16-20-8-9-20)14-5-6-15-26(22)23(24)18-27/h10-13,20,22-24,27H,2-3,5-6,8-9,14-18H2,1H3/t22-,23-,24-/m0/s1. The van der Waals surface area contributed by atoms with E-state index in [0.29, 0.717) is 12.0 Å². The molecule has 1 saturated carbocycles. The first-order valence-electron chi connectivity index (χ1n) is 11.0. The van der Waals surface area contributed by atoms with Gasteiger partial charge in [0.25, 0.3) is 0 Å². The Morgan fingerprint density at radius 1 is 1.11 bits per heavy atom. The fourth-order valence-corrected chi connectivity index (χ4v) is 4.92. The Balaban J connectivity index is 1.48. The maximum Gasteiger partial charge on any atom is 0.0593 e. The zero-order valence-corrected chi connectivity index (χ0v) is 16.7. The number of nitrogens with zero attached hydrogens (tertiary/aromatic N) is 2. The number of rotatable bonds is 5. The fourth-order valence-electron chi connectivity index (χ4n) is 4.92. The lowest BCUT2D eigenvalue weighted by Crippen LogP contribution is -2.67. The number of fused-ring (bicyclic) bond motifs is 1. The highest BCUT2D eigenvalue weighted by molar-refractivity contribution is 5.39. The van der Waals surface area contributed by atoms with Gasteiger partial charge in [0, 0.05) is 43.1 Å². The van der Waals surface area contributed by atoms with Crippen molar-refractivity contribution in [1.29, 1.82) is 0 Å². The SMILES string of the molecule is CCCC#Cc1ccc([C@@H]2[C@H](CO)N3CCCCN(CC4CC4)C[C@@H]23)cc1. The maximum absolute atomic E-state index is 10.1. The molecule has 2 aliphatic heterocycles. The van der Waals surface area contributed by atoms with Gasteiger partial charge in [-0.2, -0.15) is 0 Å². The Bertz CT molecular complexity index is 670. The topological polar surface area (TPSA) is 26.7 Å². The Morgan fingerprint density at radius 3 is 2.59 bits per heavy atom. The molecule has 3 aliphatic rings. The summed E-state index contributed by atoms with van der Waals surface area (Å²) in [6.45, 7) is 7.27. The minimum absolute atomic E-state index is 0.266. The molecule has 0 bridgehead atoms. The molecule has 1 aromatic rings. The van der Waals surface area contributed by atoms with Crippen LogP contribution in [-0.4, -0.2) is 59.8 Å². The smallest absolute Gasteiger partial charge is 0.0593 e. The van der Waals surface area contributed by atoms with Gasteiger partial charge in [-0.05, 0) is 68.8 Å². The summed E-state index contributed by atoms with van der Waals surface area (Å²) in [5.41, 5.74) is 2.49. The zero-order chi connectivity index (χ0) is 18.6. The molecule has 1 aromatic carbocycles. The molecule has 3 atom stereocenters. The normalized spacial score (nSPS) is 29.0. The predicted octanol–water partition coefficient (Wildman–Crippen LogP) is 3.47. The first kappa shape index (κ1) is 19.0. The average Bonchev–Trinajstić information content (AvgIpc) is 3.48. The van der Waals surface area contributed by atoms with Crippen molar-refractivity contribution in [1.82, 2.24) is 9.80 Å². The van der Waals surface area contributed by atoms with Crippen LogP contribution >= 0.6 is 0 Å². The summed E-state index contributed by atoms with van der Waals surface area (Å²) in [6, 6.07) is 9.68. The summed E-state index contributed by atoms with van der Waals surface area (Å²) in [7, 11) is 0. The van der Waals surface area contributed by atoms with Crippen molar-refractivity contribution in [3.8, 4) is 11.8 Å². The van der Waals surface area contributed by atoms with Gasteiger partial charge < -0.3 is 10.0 Å². The van der Waals surface area contributed by atoms with E-state index in [2.05, 4.69) is 52.8 Å². The van der Waals surface area contributed by atoms with E-state index in [1.807, 2.05) is 0 Å². The molecule has 0 radical (unpaired) electrons. The number of benzene rings is 1. The monoisotopic (exact) mass is 366 g/mol. The fraction of sp³-hybridized carbons (Fsp3) is 0.667. The average molecular weight is 367 g/mol. The molecular weight excluding hydrogens is 332 g/mol. The molecule has 3 fully saturated rings. The van der Waals surface area contributed by atoms with Crippen LogP contribution in [0.25, 0.3) is 0 Å². The maximum atomic E-state index is 10.1. The zero-order valence-electron chi connectivity index (χ0n) is 16.7. The molecule has 1 N–H and O–H groups in total. The van der Waals surface area contributed by atoms with E-state index in [1.54, 1.807) is 0 Å². The van der Waals surface area contributed by atoms with Gasteiger partial charge in [0.2, 0.25) is 0 Å². The van der Waals surface area contributed by atoms with Crippen LogP contribution in [0.3, 0.4) is 0 Å². The summed E-state index contributed by atoms with van der Waals surface area (Å²) in [4.78, 5) is 5.29. The number of aliphatic hydroxyl groups is 1. The van der Waals surface area contributed by atoms with Crippen LogP contribution in [0.2, 0.25) is 0 Å². The largest absolute Gasteiger partial charge is 0.395 e. The van der Waals surface area contributed by atoms with E-state index in [4.69, 9.17) is 0 Å². The molecule has 0 unspecified atom stereocenters. The summed E-state index contributed by atoms with van der Waals surface area (Å²) in [5.74, 6) is 7.90. The Kier molecular flexibility index (Phi) is 6.18. The van der Waals surface area contributed by atoms with Crippen LogP contribution in [0.5, 0.6) is 0 Å². The number of hydrogen-bond donors (Lipinski definition) is 1. The van der Waals surface area contributed by atoms with Crippen LogP contribution in [-0.2, 0) is 0 Å².